The van der Waals surface area contributed by atoms with Crippen LogP contribution in [0.2, 0.25) is 0 Å². The van der Waals surface area contributed by atoms with Gasteiger partial charge in [-0.1, -0.05) is 0 Å². The number of nitrogens with two attached hydrogens (primary N) is 1. The molecule has 1 fully saturated rings. The molecular formula is C23H31N3O. The van der Waals surface area contributed by atoms with Gasteiger partial charge in [0.05, 0.1) is 0 Å². The molecule has 3 heterocycles. The molecule has 0 bridgehead atoms. The van der Waals surface area contributed by atoms with Crippen LogP contribution in [0, 0.1) is 20.8 Å². The van der Waals surface area contributed by atoms with Crippen LogP contribution in [-0.4, -0.2) is 35.1 Å². The number of nitrogens with zero attached hydrogens (tertiary/aromatic N) is 2. The Labute approximate surface area is 162 Å². The predicted molar refractivity (Wildman–Crippen MR) is 110 cm³/mol. The van der Waals surface area contributed by atoms with E-state index in [1.165, 1.54) is 35.1 Å². The summed E-state index contributed by atoms with van der Waals surface area (Å²) in [5.41, 5.74) is 13.4. The Morgan fingerprint density at radius 2 is 1.78 bits per heavy atom. The fourth-order valence-electron chi connectivity index (χ4n) is 4.84. The van der Waals surface area contributed by atoms with Gasteiger partial charge in [-0.25, -0.2) is 0 Å². The van der Waals surface area contributed by atoms with Crippen LogP contribution in [0.1, 0.15) is 53.5 Å². The molecule has 1 atom stereocenters. The van der Waals surface area contributed by atoms with Crippen molar-refractivity contribution in [2.45, 2.75) is 58.5 Å². The third-order valence-corrected chi connectivity index (χ3v) is 6.66. The Morgan fingerprint density at radius 1 is 1.11 bits per heavy atom. The maximum Gasteiger partial charge on any atom is 0.127 e. The van der Waals surface area contributed by atoms with Crippen LogP contribution in [-0.2, 0) is 6.42 Å². The molecule has 2 N–H and O–H groups in total. The molecule has 144 valence electrons. The summed E-state index contributed by atoms with van der Waals surface area (Å²) in [5, 5.41) is 0. The maximum atomic E-state index is 6.55. The van der Waals surface area contributed by atoms with E-state index in [1.54, 1.807) is 0 Å². The summed E-state index contributed by atoms with van der Waals surface area (Å²) in [6, 6.07) is 4.33. The first-order valence-corrected chi connectivity index (χ1v) is 10.1. The molecule has 2 aromatic rings. The Balaban J connectivity index is 1.44. The molecule has 1 aromatic heterocycles. The number of likely N-dealkylation sites (tertiary alicyclic amines) is 1. The fourth-order valence-corrected chi connectivity index (χ4v) is 4.84. The van der Waals surface area contributed by atoms with Crippen molar-refractivity contribution in [3.05, 3.63) is 52.3 Å². The molecule has 0 aliphatic carbocycles. The molecule has 1 saturated heterocycles. The number of hydrogen-bond acceptors (Lipinski definition) is 4. The van der Waals surface area contributed by atoms with E-state index < -0.39 is 0 Å². The molecule has 27 heavy (non-hydrogen) atoms. The van der Waals surface area contributed by atoms with E-state index in [-0.39, 0.29) is 5.60 Å². The van der Waals surface area contributed by atoms with Gasteiger partial charge in [-0.3, -0.25) is 9.88 Å². The van der Waals surface area contributed by atoms with E-state index in [0.717, 1.165) is 43.1 Å². The van der Waals surface area contributed by atoms with Gasteiger partial charge in [0.25, 0.3) is 0 Å². The highest BCUT2D eigenvalue weighted by Gasteiger charge is 2.39. The zero-order valence-electron chi connectivity index (χ0n) is 17.0. The van der Waals surface area contributed by atoms with Gasteiger partial charge < -0.3 is 10.5 Å². The minimum Gasteiger partial charge on any atom is -0.485 e. The first-order valence-electron chi connectivity index (χ1n) is 10.1. The van der Waals surface area contributed by atoms with Crippen molar-refractivity contribution in [1.29, 1.82) is 0 Å². The number of piperidine rings is 1. The van der Waals surface area contributed by atoms with Gasteiger partial charge in [-0.15, -0.1) is 0 Å². The van der Waals surface area contributed by atoms with Crippen molar-refractivity contribution in [2.75, 3.05) is 25.4 Å². The summed E-state index contributed by atoms with van der Waals surface area (Å²) in [7, 11) is 0. The Bertz CT molecular complexity index is 802. The van der Waals surface area contributed by atoms with E-state index in [9.17, 15) is 0 Å². The fraction of sp³-hybridized carbons (Fsp3) is 0.522. The average molecular weight is 366 g/mol. The number of hydrogen-bond donors (Lipinski definition) is 1. The number of pyridine rings is 1. The number of ether oxygens (including phenoxy) is 1. The lowest BCUT2D eigenvalue weighted by Gasteiger charge is -2.37. The van der Waals surface area contributed by atoms with Gasteiger partial charge in [0.1, 0.15) is 11.4 Å². The normalized spacial score (nSPS) is 23.3. The lowest BCUT2D eigenvalue weighted by molar-refractivity contribution is 0.0523. The summed E-state index contributed by atoms with van der Waals surface area (Å²) in [6.07, 6.45) is 7.17. The SMILES string of the molecule is Cc1c(C)c2c(c(C)c1N)CC(C)(CN1CCC(c3ccncc3)CC1)O2. The quantitative estimate of drug-likeness (QED) is 0.830. The molecule has 1 aromatic carbocycles. The minimum absolute atomic E-state index is 0.165. The van der Waals surface area contributed by atoms with Crippen LogP contribution in [0.3, 0.4) is 0 Å². The Kier molecular flexibility index (Phi) is 4.63. The van der Waals surface area contributed by atoms with E-state index >= 15 is 0 Å². The van der Waals surface area contributed by atoms with Crippen LogP contribution in [0.25, 0.3) is 0 Å². The molecule has 2 aliphatic rings. The van der Waals surface area contributed by atoms with Crippen LogP contribution >= 0.6 is 0 Å². The van der Waals surface area contributed by atoms with Crippen molar-refractivity contribution in [3.63, 3.8) is 0 Å². The molecular weight excluding hydrogens is 334 g/mol. The molecule has 4 heteroatoms. The third kappa shape index (κ3) is 3.31. The number of nitrogen functional groups attached to an aromatic ring is 1. The first kappa shape index (κ1) is 18.3. The summed E-state index contributed by atoms with van der Waals surface area (Å²) in [5.74, 6) is 1.74. The molecule has 0 saturated carbocycles. The topological polar surface area (TPSA) is 51.4 Å². The highest BCUT2D eigenvalue weighted by Crippen LogP contribution is 2.44. The molecule has 1 unspecified atom stereocenters. The smallest absolute Gasteiger partial charge is 0.127 e. The van der Waals surface area contributed by atoms with E-state index in [1.807, 2.05) is 12.4 Å². The summed E-state index contributed by atoms with van der Waals surface area (Å²) in [4.78, 5) is 6.72. The van der Waals surface area contributed by atoms with Gasteiger partial charge in [-0.2, -0.15) is 0 Å². The largest absolute Gasteiger partial charge is 0.485 e. The Morgan fingerprint density at radius 3 is 2.44 bits per heavy atom. The van der Waals surface area contributed by atoms with Crippen LogP contribution in [0.4, 0.5) is 5.69 Å². The van der Waals surface area contributed by atoms with Crippen LogP contribution < -0.4 is 10.5 Å². The van der Waals surface area contributed by atoms with E-state index in [2.05, 4.69) is 49.7 Å². The molecule has 4 nitrogen and oxygen atoms in total. The molecule has 0 amide bonds. The lowest BCUT2D eigenvalue weighted by Crippen LogP contribution is -2.47. The van der Waals surface area contributed by atoms with E-state index in [0.29, 0.717) is 5.92 Å². The summed E-state index contributed by atoms with van der Waals surface area (Å²) < 4.78 is 6.55. The van der Waals surface area contributed by atoms with E-state index in [4.69, 9.17) is 10.5 Å². The van der Waals surface area contributed by atoms with Crippen LogP contribution in [0.5, 0.6) is 5.75 Å². The second kappa shape index (κ2) is 6.83. The summed E-state index contributed by atoms with van der Waals surface area (Å²) >= 11 is 0. The number of benzene rings is 1. The Hall–Kier alpha value is -2.07. The highest BCUT2D eigenvalue weighted by molar-refractivity contribution is 5.66. The second-order valence-corrected chi connectivity index (χ2v) is 8.66. The van der Waals surface area contributed by atoms with Gasteiger partial charge >= 0.3 is 0 Å². The lowest BCUT2D eigenvalue weighted by atomic mass is 9.88. The minimum atomic E-state index is -0.165. The van der Waals surface area contributed by atoms with Gasteiger partial charge in [0, 0.05) is 36.6 Å². The zero-order valence-corrected chi connectivity index (χ0v) is 17.0. The average Bonchev–Trinajstić information content (AvgIpc) is 3.03. The van der Waals surface area contributed by atoms with Crippen molar-refractivity contribution in [1.82, 2.24) is 9.88 Å². The maximum absolute atomic E-state index is 6.55. The van der Waals surface area contributed by atoms with Crippen LogP contribution in [0.15, 0.2) is 24.5 Å². The van der Waals surface area contributed by atoms with Crippen molar-refractivity contribution in [2.24, 2.45) is 0 Å². The highest BCUT2D eigenvalue weighted by atomic mass is 16.5. The van der Waals surface area contributed by atoms with Gasteiger partial charge in [-0.05, 0) is 93.9 Å². The zero-order chi connectivity index (χ0) is 19.2. The molecule has 4 rings (SSSR count). The molecule has 0 spiro atoms. The monoisotopic (exact) mass is 365 g/mol. The number of fused-ring (bicyclic) bond motifs is 1. The third-order valence-electron chi connectivity index (χ3n) is 6.66. The molecule has 0 radical (unpaired) electrons. The van der Waals surface area contributed by atoms with Gasteiger partial charge in [0.2, 0.25) is 0 Å². The first-order chi connectivity index (χ1) is 12.9. The standard InChI is InChI=1S/C23H31N3O/c1-15-16(2)22-20(17(3)21(15)24)13-23(4,27-22)14-26-11-7-19(8-12-26)18-5-9-25-10-6-18/h5-6,9-10,19H,7-8,11-14,24H2,1-4H3. The molecule has 2 aliphatic heterocycles. The number of aromatic nitrogens is 1. The van der Waals surface area contributed by atoms with Gasteiger partial charge in [0.15, 0.2) is 0 Å². The second-order valence-electron chi connectivity index (χ2n) is 8.66. The van der Waals surface area contributed by atoms with Crippen molar-refractivity contribution >= 4 is 5.69 Å². The van der Waals surface area contributed by atoms with Crippen molar-refractivity contribution < 1.29 is 4.74 Å². The summed E-state index contributed by atoms with van der Waals surface area (Å²) in [6.45, 7) is 11.9. The number of anilines is 1. The predicted octanol–water partition coefficient (Wildman–Crippen LogP) is 4.16. The van der Waals surface area contributed by atoms with Crippen molar-refractivity contribution in [3.8, 4) is 5.75 Å². The number of rotatable bonds is 3.